The van der Waals surface area contributed by atoms with Crippen LogP contribution < -0.4 is 10.1 Å². The normalized spacial score (nSPS) is 28.2. The van der Waals surface area contributed by atoms with Gasteiger partial charge in [-0.1, -0.05) is 6.07 Å². The number of aliphatic hydroxyl groups excluding tert-OH is 1. The molecule has 0 saturated carbocycles. The number of rotatable bonds is 3. The molecule has 0 radical (unpaired) electrons. The third-order valence-electron chi connectivity index (χ3n) is 8.67. The molecule has 0 bridgehead atoms. The lowest BCUT2D eigenvalue weighted by atomic mass is 9.84. The number of nitrogens with one attached hydrogen (secondary N) is 1. The number of amides is 1. The molecule has 1 amide bonds. The number of benzene rings is 1. The molecule has 2 atom stereocenters. The van der Waals surface area contributed by atoms with Crippen molar-refractivity contribution >= 4 is 27.3 Å². The van der Waals surface area contributed by atoms with Crippen LogP contribution in [0.3, 0.4) is 0 Å². The second kappa shape index (κ2) is 11.1. The van der Waals surface area contributed by atoms with Crippen molar-refractivity contribution in [1.82, 2.24) is 19.5 Å². The molecule has 2 N–H and O–H groups in total. The fourth-order valence-corrected chi connectivity index (χ4v) is 8.76. The number of ether oxygens (including phenoxy) is 2. The van der Waals surface area contributed by atoms with E-state index >= 15 is 0 Å². The Kier molecular flexibility index (Phi) is 7.68. The van der Waals surface area contributed by atoms with Gasteiger partial charge in [0, 0.05) is 62.8 Å². The van der Waals surface area contributed by atoms with E-state index in [2.05, 4.69) is 15.2 Å². The summed E-state index contributed by atoms with van der Waals surface area (Å²) in [5.41, 5.74) is 0.530. The molecule has 10 nitrogen and oxygen atoms in total. The summed E-state index contributed by atoms with van der Waals surface area (Å²) in [4.78, 5) is 20.4. The maximum absolute atomic E-state index is 13.9. The Balaban J connectivity index is 1.29. The molecular formula is C27H36N4O6S2. The number of carbonyl (C=O) groups is 1. The molecule has 12 heteroatoms. The van der Waals surface area contributed by atoms with Crippen LogP contribution in [-0.2, 0) is 26.1 Å². The zero-order chi connectivity index (χ0) is 27.0. The third-order valence-corrected chi connectivity index (χ3v) is 11.3. The monoisotopic (exact) mass is 576 g/mol. The van der Waals surface area contributed by atoms with E-state index in [1.165, 1.54) is 4.31 Å². The summed E-state index contributed by atoms with van der Waals surface area (Å²) in [6.07, 6.45) is 4.77. The van der Waals surface area contributed by atoms with Crippen LogP contribution in [0.1, 0.15) is 55.0 Å². The van der Waals surface area contributed by atoms with Crippen LogP contribution in [0.25, 0.3) is 0 Å². The number of carbonyl (C=O) groups excluding carboxylic acids is 1. The topological polar surface area (TPSA) is 121 Å². The lowest BCUT2D eigenvalue weighted by Crippen LogP contribution is -2.59. The first-order valence-corrected chi connectivity index (χ1v) is 16.1. The van der Waals surface area contributed by atoms with Gasteiger partial charge in [-0.25, -0.2) is 13.4 Å². The van der Waals surface area contributed by atoms with Crippen molar-refractivity contribution in [2.75, 3.05) is 39.5 Å². The smallest absolute Gasteiger partial charge is 0.247 e. The maximum Gasteiger partial charge on any atom is 0.247 e. The Morgan fingerprint density at radius 2 is 1.95 bits per heavy atom. The zero-order valence-corrected chi connectivity index (χ0v) is 23.6. The number of nitrogens with zero attached hydrogens (tertiary/aromatic N) is 3. The van der Waals surface area contributed by atoms with E-state index in [9.17, 15) is 18.3 Å². The molecule has 1 aromatic heterocycles. The molecule has 2 aromatic rings. The summed E-state index contributed by atoms with van der Waals surface area (Å²) in [7, 11) is -4.08. The van der Waals surface area contributed by atoms with E-state index in [1.54, 1.807) is 17.4 Å². The van der Waals surface area contributed by atoms with Crippen LogP contribution in [0.5, 0.6) is 5.75 Å². The highest BCUT2D eigenvalue weighted by atomic mass is 32.2. The summed E-state index contributed by atoms with van der Waals surface area (Å²) in [5, 5.41) is 16.8. The summed E-state index contributed by atoms with van der Waals surface area (Å²) in [6, 6.07) is 4.37. The Morgan fingerprint density at radius 3 is 2.69 bits per heavy atom. The van der Waals surface area contributed by atoms with Crippen molar-refractivity contribution in [3.05, 3.63) is 40.3 Å². The first-order chi connectivity index (χ1) is 18.8. The lowest BCUT2D eigenvalue weighted by molar-refractivity contribution is -0.127. The van der Waals surface area contributed by atoms with Crippen molar-refractivity contribution in [3.63, 3.8) is 0 Å². The molecule has 6 rings (SSSR count). The number of hydrogen-bond donors (Lipinski definition) is 2. The van der Waals surface area contributed by atoms with Gasteiger partial charge in [-0.2, -0.15) is 4.31 Å². The van der Waals surface area contributed by atoms with Gasteiger partial charge in [0.1, 0.15) is 21.7 Å². The van der Waals surface area contributed by atoms with Crippen molar-refractivity contribution in [2.24, 2.45) is 0 Å². The van der Waals surface area contributed by atoms with Crippen LogP contribution in [0.2, 0.25) is 0 Å². The van der Waals surface area contributed by atoms with E-state index in [4.69, 9.17) is 9.47 Å². The van der Waals surface area contributed by atoms with E-state index < -0.39 is 27.7 Å². The van der Waals surface area contributed by atoms with Gasteiger partial charge in [0.05, 0.1) is 19.3 Å². The fourth-order valence-electron chi connectivity index (χ4n) is 6.35. The second-order valence-electron chi connectivity index (χ2n) is 11.1. The number of sulfonamides is 1. The molecule has 39 heavy (non-hydrogen) atoms. The Bertz CT molecular complexity index is 1270. The molecule has 3 saturated heterocycles. The predicted octanol–water partition coefficient (Wildman–Crippen LogP) is 2.09. The van der Waals surface area contributed by atoms with E-state index in [-0.39, 0.29) is 29.7 Å². The van der Waals surface area contributed by atoms with Crippen LogP contribution in [0.4, 0.5) is 0 Å². The molecule has 1 aromatic carbocycles. The lowest BCUT2D eigenvalue weighted by Gasteiger charge is -2.43. The first-order valence-electron chi connectivity index (χ1n) is 13.8. The molecule has 1 spiro atoms. The van der Waals surface area contributed by atoms with Crippen LogP contribution in [0.15, 0.2) is 34.7 Å². The van der Waals surface area contributed by atoms with Crippen molar-refractivity contribution < 1.29 is 27.8 Å². The Labute approximate surface area is 233 Å². The molecule has 3 fully saturated rings. The summed E-state index contributed by atoms with van der Waals surface area (Å²) in [5.74, 6) is 0.266. The average molecular weight is 577 g/mol. The highest BCUT2D eigenvalue weighted by Crippen LogP contribution is 2.38. The molecule has 0 unspecified atom stereocenters. The average Bonchev–Trinajstić information content (AvgIpc) is 3.60. The van der Waals surface area contributed by atoms with Crippen molar-refractivity contribution in [3.8, 4) is 5.75 Å². The Hall–Kier alpha value is -2.09. The van der Waals surface area contributed by atoms with Gasteiger partial charge >= 0.3 is 0 Å². The van der Waals surface area contributed by atoms with Crippen molar-refractivity contribution in [2.45, 2.75) is 73.6 Å². The fraction of sp³-hybridized carbons (Fsp3) is 0.630. The molecule has 212 valence electrons. The Morgan fingerprint density at radius 1 is 1.15 bits per heavy atom. The number of piperidine rings is 1. The minimum absolute atomic E-state index is 0.0550. The number of thiazole rings is 1. The van der Waals surface area contributed by atoms with Crippen molar-refractivity contribution in [1.29, 1.82) is 0 Å². The number of likely N-dealkylation sites (tertiary alicyclic amines) is 1. The summed E-state index contributed by atoms with van der Waals surface area (Å²) < 4.78 is 40.7. The third kappa shape index (κ3) is 5.59. The number of aliphatic hydroxyl groups is 1. The van der Waals surface area contributed by atoms with Crippen LogP contribution >= 0.6 is 11.3 Å². The minimum Gasteiger partial charge on any atom is -0.492 e. The number of aromatic nitrogens is 1. The quantitative estimate of drug-likeness (QED) is 0.570. The predicted molar refractivity (Wildman–Crippen MR) is 145 cm³/mol. The highest BCUT2D eigenvalue weighted by Gasteiger charge is 2.47. The van der Waals surface area contributed by atoms with Crippen LogP contribution in [-0.4, -0.2) is 90.8 Å². The zero-order valence-electron chi connectivity index (χ0n) is 22.0. The largest absolute Gasteiger partial charge is 0.492 e. The first kappa shape index (κ1) is 27.1. The standard InChI is InChI=1S/C27H36N4O6S2/c32-21-16-22-26(33)29-27(5-9-30(10-6-27)18-25-28-8-14-38-25)7-13-37-23-15-20(19-3-11-36-12-4-19)1-2-24(23)39(34,35)31(22)17-21/h1-2,8,14-15,19,21-22,32H,3-7,9-13,16-18H2,(H,29,33)/t21-,22+/m1/s1. The van der Waals surface area contributed by atoms with Gasteiger partial charge in [-0.15, -0.1) is 11.3 Å². The second-order valence-corrected chi connectivity index (χ2v) is 14.0. The molecule has 0 aliphatic carbocycles. The maximum atomic E-state index is 13.9. The molecule has 4 aliphatic heterocycles. The SMILES string of the molecule is O=C1NC2(CCOc3cc(C4CCOCC4)ccc3S(=O)(=O)N3C[C@H](O)C[C@@H]13)CCN(Cc1nccs1)CC2. The van der Waals surface area contributed by atoms with E-state index in [0.717, 1.165) is 55.9 Å². The molecule has 5 heterocycles. The molecule has 4 aliphatic rings. The summed E-state index contributed by atoms with van der Waals surface area (Å²) in [6.45, 7) is 3.91. The summed E-state index contributed by atoms with van der Waals surface area (Å²) >= 11 is 1.64. The van der Waals surface area contributed by atoms with Gasteiger partial charge in [0.15, 0.2) is 0 Å². The van der Waals surface area contributed by atoms with Gasteiger partial charge < -0.3 is 19.9 Å². The number of hydrogen-bond acceptors (Lipinski definition) is 9. The van der Waals surface area contributed by atoms with Gasteiger partial charge in [-0.05, 0) is 49.3 Å². The van der Waals surface area contributed by atoms with Gasteiger partial charge in [0.25, 0.3) is 0 Å². The van der Waals surface area contributed by atoms with E-state index in [0.29, 0.717) is 32.0 Å². The van der Waals surface area contributed by atoms with E-state index in [1.807, 2.05) is 23.7 Å². The molecular weight excluding hydrogens is 540 g/mol. The van der Waals surface area contributed by atoms with Gasteiger partial charge in [-0.3, -0.25) is 9.69 Å². The number of fused-ring (bicyclic) bond motifs is 2. The highest BCUT2D eigenvalue weighted by molar-refractivity contribution is 7.89. The van der Waals surface area contributed by atoms with Crippen LogP contribution in [0, 0.1) is 0 Å². The van der Waals surface area contributed by atoms with Gasteiger partial charge in [0.2, 0.25) is 15.9 Å². The minimum atomic E-state index is -4.08.